The van der Waals surface area contributed by atoms with E-state index in [1.54, 1.807) is 9.80 Å². The van der Waals surface area contributed by atoms with Crippen LogP contribution in [0.5, 0.6) is 0 Å². The summed E-state index contributed by atoms with van der Waals surface area (Å²) in [6, 6.07) is 2.71. The van der Waals surface area contributed by atoms with Gasteiger partial charge in [0.1, 0.15) is 23.7 Å². The number of nitrogens with zero attached hydrogens (tertiary/aromatic N) is 7. The van der Waals surface area contributed by atoms with Crippen LogP contribution in [-0.2, 0) is 19.1 Å². The largest absolute Gasteiger partial charge is 0.378 e. The van der Waals surface area contributed by atoms with Crippen LogP contribution < -0.4 is 15.5 Å². The Bertz CT molecular complexity index is 2270. The highest BCUT2D eigenvalue weighted by Crippen LogP contribution is 2.58. The van der Waals surface area contributed by atoms with Gasteiger partial charge in [-0.05, 0) is 98.7 Å². The normalized spacial score (nSPS) is 25.3. The first-order valence-electron chi connectivity index (χ1n) is 25.4. The molecule has 4 N–H and O–H groups in total. The predicted octanol–water partition coefficient (Wildman–Crippen LogP) is 6.01. The lowest BCUT2D eigenvalue weighted by Gasteiger charge is -2.36. The van der Waals surface area contributed by atoms with Crippen LogP contribution >= 0.6 is 0 Å². The molecule has 6 atom stereocenters. The summed E-state index contributed by atoms with van der Waals surface area (Å²) in [7, 11) is 0. The highest BCUT2D eigenvalue weighted by atomic mass is 16.5. The number of anilines is 1. The van der Waals surface area contributed by atoms with Crippen LogP contribution in [-0.4, -0.2) is 154 Å². The number of amides is 6. The van der Waals surface area contributed by atoms with Crippen molar-refractivity contribution in [2.45, 2.75) is 127 Å². The van der Waals surface area contributed by atoms with E-state index in [1.807, 2.05) is 49.9 Å². The molecule has 3 aromatic rings. The molecule has 7 aliphatic rings. The summed E-state index contributed by atoms with van der Waals surface area (Å²) in [6.45, 7) is 15.3. The molecule has 362 valence electrons. The zero-order valence-electron chi connectivity index (χ0n) is 39.9. The fourth-order valence-corrected chi connectivity index (χ4v) is 12.3. The number of benzene rings is 1. The molecule has 2 aliphatic carbocycles. The van der Waals surface area contributed by atoms with Gasteiger partial charge in [0, 0.05) is 81.4 Å². The van der Waals surface area contributed by atoms with Crippen molar-refractivity contribution in [1.29, 1.82) is 0 Å². The third kappa shape index (κ3) is 9.02. The van der Waals surface area contributed by atoms with Crippen molar-refractivity contribution in [1.82, 2.24) is 50.2 Å². The standard InChI is InChI=1S/C50H71N11O6/c1-30(2)43(55-49(64)58-19-23-66-24-20-58)47(62)60-15-5-7-39(60)45-51-28-36(53-45)32-13-17-57(18-14-32)38-12-11-35(41-33-9-10-34(27-33)42(38)41)37-29-52-46(54-37)40-8-6-16-61(40)48(63)44(31(3)4)56-50(65)59-21-25-67-26-22-59/h11-12,28-34,39-40,43-44H,5-10,13-27H2,1-4H3,(H,51,53)(H,52,54)(H,55,64)(H,56,65)/t33?,34?,39-,40-,43+,44+/m0/s1. The number of hydrogen-bond donors (Lipinski definition) is 4. The lowest BCUT2D eigenvalue weighted by atomic mass is 9.85. The Kier molecular flexibility index (Phi) is 13.2. The molecule has 2 unspecified atom stereocenters. The van der Waals surface area contributed by atoms with Crippen LogP contribution in [0, 0.1) is 11.8 Å². The van der Waals surface area contributed by atoms with Gasteiger partial charge in [0.2, 0.25) is 11.8 Å². The van der Waals surface area contributed by atoms with Gasteiger partial charge < -0.3 is 54.6 Å². The van der Waals surface area contributed by atoms with Crippen molar-refractivity contribution in [2.24, 2.45) is 11.8 Å². The zero-order chi connectivity index (χ0) is 46.3. The number of carbonyl (C=O) groups excluding carboxylic acids is 4. The first kappa shape index (κ1) is 45.6. The molecular weight excluding hydrogens is 851 g/mol. The van der Waals surface area contributed by atoms with E-state index >= 15 is 0 Å². The maximum Gasteiger partial charge on any atom is 0.318 e. The van der Waals surface area contributed by atoms with Crippen LogP contribution in [0.3, 0.4) is 0 Å². The van der Waals surface area contributed by atoms with E-state index in [4.69, 9.17) is 19.4 Å². The van der Waals surface area contributed by atoms with Gasteiger partial charge in [-0.15, -0.1) is 0 Å². The van der Waals surface area contributed by atoms with E-state index in [-0.39, 0.29) is 47.8 Å². The molecule has 5 aliphatic heterocycles. The first-order valence-corrected chi connectivity index (χ1v) is 25.4. The number of piperidine rings is 1. The second-order valence-electron chi connectivity index (χ2n) is 20.8. The van der Waals surface area contributed by atoms with Crippen LogP contribution in [0.1, 0.15) is 144 Å². The molecule has 0 radical (unpaired) electrons. The molecule has 5 saturated heterocycles. The van der Waals surface area contributed by atoms with Crippen LogP contribution in [0.4, 0.5) is 15.3 Å². The number of ether oxygens (including phenoxy) is 2. The van der Waals surface area contributed by atoms with Gasteiger partial charge in [-0.3, -0.25) is 9.59 Å². The SMILES string of the molecule is CC(C)[C@@H](NC(=O)N1CCOCC1)C(=O)N1CCC[C@H]1c1ncc(-c2ccc(N3CCC(c4cnc([C@@H]5CCCN5C(=O)[C@H](NC(=O)N5CCOCC5)C(C)C)[nH]4)CC3)c3c2C2CCC3C2)[nH]1. The van der Waals surface area contributed by atoms with E-state index in [0.717, 1.165) is 74.7 Å². The molecule has 6 fully saturated rings. The number of nitrogens with one attached hydrogen (secondary N) is 4. The van der Waals surface area contributed by atoms with Crippen molar-refractivity contribution >= 4 is 29.6 Å². The van der Waals surface area contributed by atoms with Crippen molar-refractivity contribution < 1.29 is 28.7 Å². The highest BCUT2D eigenvalue weighted by molar-refractivity contribution is 5.89. The Morgan fingerprint density at radius 1 is 0.612 bits per heavy atom. The van der Waals surface area contributed by atoms with E-state index in [9.17, 15) is 19.2 Å². The first-order chi connectivity index (χ1) is 32.5. The molecule has 2 bridgehead atoms. The maximum atomic E-state index is 14.2. The van der Waals surface area contributed by atoms with Crippen LogP contribution in [0.2, 0.25) is 0 Å². The van der Waals surface area contributed by atoms with Gasteiger partial charge in [0.05, 0.1) is 50.4 Å². The summed E-state index contributed by atoms with van der Waals surface area (Å²) < 4.78 is 10.9. The Morgan fingerprint density at radius 2 is 1.13 bits per heavy atom. The third-order valence-electron chi connectivity index (χ3n) is 16.0. The number of aromatic amines is 2. The lowest BCUT2D eigenvalue weighted by Crippen LogP contribution is -2.55. The molecule has 1 aromatic carbocycles. The molecule has 2 aromatic heterocycles. The topological polar surface area (TPSA) is 184 Å². The lowest BCUT2D eigenvalue weighted by molar-refractivity contribution is -0.136. The Hall–Kier alpha value is -5.16. The van der Waals surface area contributed by atoms with Crippen molar-refractivity contribution in [3.63, 3.8) is 0 Å². The van der Waals surface area contributed by atoms with Crippen molar-refractivity contribution in [3.05, 3.63) is 53.0 Å². The highest BCUT2D eigenvalue weighted by Gasteiger charge is 2.43. The minimum Gasteiger partial charge on any atom is -0.378 e. The quantitative estimate of drug-likeness (QED) is 0.179. The summed E-state index contributed by atoms with van der Waals surface area (Å²) in [4.78, 5) is 81.8. The van der Waals surface area contributed by atoms with E-state index in [2.05, 4.69) is 37.6 Å². The fraction of sp³-hybridized carbons (Fsp3) is 0.680. The zero-order valence-corrected chi connectivity index (χ0v) is 39.9. The van der Waals surface area contributed by atoms with Gasteiger partial charge in [0.15, 0.2) is 0 Å². The predicted molar refractivity (Wildman–Crippen MR) is 253 cm³/mol. The molecule has 10 rings (SSSR count). The smallest absolute Gasteiger partial charge is 0.318 e. The van der Waals surface area contributed by atoms with Crippen molar-refractivity contribution in [2.75, 3.05) is 83.7 Å². The number of likely N-dealkylation sites (tertiary alicyclic amines) is 2. The number of fused-ring (bicyclic) bond motifs is 5. The minimum absolute atomic E-state index is 0.0408. The molecule has 7 heterocycles. The molecule has 1 saturated carbocycles. The Morgan fingerprint density at radius 3 is 1.69 bits per heavy atom. The minimum atomic E-state index is -0.620. The van der Waals surface area contributed by atoms with Gasteiger partial charge in [-0.1, -0.05) is 33.8 Å². The van der Waals surface area contributed by atoms with Gasteiger partial charge in [-0.25, -0.2) is 19.6 Å². The number of urea groups is 2. The van der Waals surface area contributed by atoms with Crippen LogP contribution in [0.15, 0.2) is 24.5 Å². The molecule has 17 nitrogen and oxygen atoms in total. The maximum absolute atomic E-state index is 14.2. The molecule has 6 amide bonds. The number of rotatable bonds is 11. The molecule has 17 heteroatoms. The third-order valence-corrected chi connectivity index (χ3v) is 16.0. The van der Waals surface area contributed by atoms with E-state index in [1.165, 1.54) is 41.6 Å². The number of morpholine rings is 2. The van der Waals surface area contributed by atoms with E-state index < -0.39 is 12.1 Å². The average Bonchev–Trinajstić information content (AvgIpc) is 4.22. The van der Waals surface area contributed by atoms with Gasteiger partial charge in [-0.2, -0.15) is 0 Å². The summed E-state index contributed by atoms with van der Waals surface area (Å²) in [5.74, 6) is 2.90. The molecular formula is C50H71N11O6. The number of carbonyl (C=O) groups is 4. The van der Waals surface area contributed by atoms with Gasteiger partial charge >= 0.3 is 12.1 Å². The van der Waals surface area contributed by atoms with Gasteiger partial charge in [0.25, 0.3) is 0 Å². The monoisotopic (exact) mass is 922 g/mol. The number of imidazole rings is 2. The number of aromatic nitrogens is 4. The average molecular weight is 922 g/mol. The Balaban J connectivity index is 0.797. The fourth-order valence-electron chi connectivity index (χ4n) is 12.3. The van der Waals surface area contributed by atoms with E-state index in [0.29, 0.717) is 83.4 Å². The van der Waals surface area contributed by atoms with Crippen molar-refractivity contribution in [3.8, 4) is 11.3 Å². The number of hydrogen-bond acceptors (Lipinski definition) is 9. The molecule has 67 heavy (non-hydrogen) atoms. The second kappa shape index (κ2) is 19.4. The summed E-state index contributed by atoms with van der Waals surface area (Å²) in [6.07, 6.45) is 13.1. The van der Waals surface area contributed by atoms with Crippen LogP contribution in [0.25, 0.3) is 11.3 Å². The summed E-state index contributed by atoms with van der Waals surface area (Å²) in [5.41, 5.74) is 7.76. The summed E-state index contributed by atoms with van der Waals surface area (Å²) >= 11 is 0. The molecule has 0 spiro atoms. The second-order valence-corrected chi connectivity index (χ2v) is 20.8. The Labute approximate surface area is 394 Å². The number of H-pyrrole nitrogens is 2. The summed E-state index contributed by atoms with van der Waals surface area (Å²) in [5, 5.41) is 6.12.